The van der Waals surface area contributed by atoms with Crippen molar-refractivity contribution in [2.75, 3.05) is 0 Å². The van der Waals surface area contributed by atoms with Crippen LogP contribution in [0.4, 0.5) is 13.2 Å². The van der Waals surface area contributed by atoms with Crippen molar-refractivity contribution in [1.82, 2.24) is 4.72 Å². The molecule has 0 aliphatic heterocycles. The molecule has 0 heterocycles. The molecule has 1 aromatic rings. The highest BCUT2D eigenvalue weighted by atomic mass is 32.2. The quantitative estimate of drug-likeness (QED) is 0.812. The lowest BCUT2D eigenvalue weighted by Crippen LogP contribution is -2.48. The molecule has 22 heavy (non-hydrogen) atoms. The molecular formula is C14H18F3NO3S. The Morgan fingerprint density at radius 3 is 2.14 bits per heavy atom. The van der Waals surface area contributed by atoms with Gasteiger partial charge in [-0.3, -0.25) is 4.79 Å². The van der Waals surface area contributed by atoms with Crippen molar-refractivity contribution >= 4 is 17.0 Å². The van der Waals surface area contributed by atoms with Crippen LogP contribution in [0.5, 0.6) is 0 Å². The van der Waals surface area contributed by atoms with Crippen LogP contribution in [0.2, 0.25) is 0 Å². The van der Waals surface area contributed by atoms with Crippen molar-refractivity contribution in [3.63, 3.8) is 0 Å². The Hall–Kier alpha value is -1.41. The van der Waals surface area contributed by atoms with E-state index in [1.165, 1.54) is 6.92 Å². The van der Waals surface area contributed by atoms with Gasteiger partial charge in [-0.1, -0.05) is 0 Å². The van der Waals surface area contributed by atoms with Crippen LogP contribution in [0, 0.1) is 17.5 Å². The van der Waals surface area contributed by atoms with Crippen LogP contribution in [0.3, 0.4) is 0 Å². The van der Waals surface area contributed by atoms with E-state index in [-0.39, 0.29) is 0 Å². The summed E-state index contributed by atoms with van der Waals surface area (Å²) in [5, 5.41) is 9.00. The fourth-order valence-electron chi connectivity index (χ4n) is 1.87. The lowest BCUT2D eigenvalue weighted by atomic mass is 9.88. The van der Waals surface area contributed by atoms with E-state index in [0.717, 1.165) is 0 Å². The number of aliphatic carboxylic acids is 1. The molecule has 0 radical (unpaired) electrons. The maximum absolute atomic E-state index is 14.0. The van der Waals surface area contributed by atoms with Gasteiger partial charge in [-0.15, -0.1) is 0 Å². The topological polar surface area (TPSA) is 66.4 Å². The molecule has 0 spiro atoms. The molecule has 0 aliphatic rings. The second kappa shape index (κ2) is 6.37. The number of rotatable bonds is 5. The summed E-state index contributed by atoms with van der Waals surface area (Å²) >= 11 is 0. The molecule has 2 N–H and O–H groups in total. The SMILES string of the molecule is CC(CC(=O)O)(NS(=O)C(C)(C)C)c1c(F)ccc(F)c1F. The zero-order valence-electron chi connectivity index (χ0n) is 12.7. The molecule has 0 fully saturated rings. The molecule has 0 aliphatic carbocycles. The molecule has 2 unspecified atom stereocenters. The fourth-order valence-corrected chi connectivity index (χ4v) is 2.76. The molecular weight excluding hydrogens is 319 g/mol. The van der Waals surface area contributed by atoms with E-state index in [2.05, 4.69) is 4.72 Å². The fraction of sp³-hybridized carbons (Fsp3) is 0.500. The maximum atomic E-state index is 14.0. The summed E-state index contributed by atoms with van der Waals surface area (Å²) in [6.45, 7) is 5.99. The Labute approximate surface area is 129 Å². The van der Waals surface area contributed by atoms with E-state index in [9.17, 15) is 22.2 Å². The minimum Gasteiger partial charge on any atom is -0.481 e. The molecule has 1 rings (SSSR count). The van der Waals surface area contributed by atoms with E-state index in [1.807, 2.05) is 0 Å². The minimum absolute atomic E-state index is 0.607. The zero-order valence-corrected chi connectivity index (χ0v) is 13.5. The predicted molar refractivity (Wildman–Crippen MR) is 77.0 cm³/mol. The number of hydrogen-bond acceptors (Lipinski definition) is 2. The Morgan fingerprint density at radius 2 is 1.68 bits per heavy atom. The highest BCUT2D eigenvalue weighted by Crippen LogP contribution is 2.32. The van der Waals surface area contributed by atoms with Gasteiger partial charge < -0.3 is 5.11 Å². The van der Waals surface area contributed by atoms with Crippen molar-refractivity contribution in [3.8, 4) is 0 Å². The van der Waals surface area contributed by atoms with Crippen LogP contribution < -0.4 is 4.72 Å². The van der Waals surface area contributed by atoms with E-state index < -0.39 is 56.7 Å². The first-order chi connectivity index (χ1) is 9.88. The number of carbonyl (C=O) groups is 1. The monoisotopic (exact) mass is 337 g/mol. The van der Waals surface area contributed by atoms with Crippen LogP contribution >= 0.6 is 0 Å². The predicted octanol–water partition coefficient (Wildman–Crippen LogP) is 2.85. The first-order valence-electron chi connectivity index (χ1n) is 6.44. The van der Waals surface area contributed by atoms with Crippen LogP contribution in [-0.4, -0.2) is 20.0 Å². The lowest BCUT2D eigenvalue weighted by molar-refractivity contribution is -0.138. The standard InChI is InChI=1S/C14H18F3NO3S/c1-13(2,3)22(21)18-14(4,7-10(19)20)11-8(15)5-6-9(16)12(11)17/h5-6,18H,7H2,1-4H3,(H,19,20). The smallest absolute Gasteiger partial charge is 0.305 e. The number of halogens is 3. The van der Waals surface area contributed by atoms with Crippen molar-refractivity contribution in [1.29, 1.82) is 0 Å². The van der Waals surface area contributed by atoms with Gasteiger partial charge in [-0.25, -0.2) is 22.1 Å². The van der Waals surface area contributed by atoms with Crippen molar-refractivity contribution in [3.05, 3.63) is 35.1 Å². The third-order valence-electron chi connectivity index (χ3n) is 2.97. The molecule has 0 saturated heterocycles. The molecule has 0 bridgehead atoms. The minimum atomic E-state index is -1.87. The first-order valence-corrected chi connectivity index (χ1v) is 7.59. The van der Waals surface area contributed by atoms with Crippen LogP contribution in [0.1, 0.15) is 39.7 Å². The van der Waals surface area contributed by atoms with Gasteiger partial charge in [-0.05, 0) is 39.8 Å². The van der Waals surface area contributed by atoms with Crippen LogP contribution in [0.15, 0.2) is 12.1 Å². The molecule has 124 valence electrons. The molecule has 0 amide bonds. The summed E-state index contributed by atoms with van der Waals surface area (Å²) in [6.07, 6.45) is -0.772. The number of hydrogen-bond donors (Lipinski definition) is 2. The van der Waals surface area contributed by atoms with Gasteiger partial charge in [0.05, 0.1) is 27.7 Å². The average Bonchev–Trinajstić information content (AvgIpc) is 2.31. The Morgan fingerprint density at radius 1 is 1.18 bits per heavy atom. The van der Waals surface area contributed by atoms with Gasteiger partial charge in [0.2, 0.25) is 0 Å². The third kappa shape index (κ3) is 4.07. The second-order valence-electron chi connectivity index (χ2n) is 6.10. The maximum Gasteiger partial charge on any atom is 0.305 e. The summed E-state index contributed by atoms with van der Waals surface area (Å²) in [4.78, 5) is 11.0. The Bertz CT molecular complexity index is 616. The van der Waals surface area contributed by atoms with Gasteiger partial charge in [0.1, 0.15) is 5.82 Å². The summed E-state index contributed by atoms with van der Waals surface area (Å²) in [6, 6.07) is 1.31. The summed E-state index contributed by atoms with van der Waals surface area (Å²) < 4.78 is 55.2. The molecule has 4 nitrogen and oxygen atoms in total. The van der Waals surface area contributed by atoms with Crippen LogP contribution in [-0.2, 0) is 21.3 Å². The van der Waals surface area contributed by atoms with Gasteiger partial charge >= 0.3 is 5.97 Å². The van der Waals surface area contributed by atoms with Gasteiger partial charge in [0.25, 0.3) is 0 Å². The summed E-state index contributed by atoms with van der Waals surface area (Å²) in [5.41, 5.74) is -2.66. The van der Waals surface area contributed by atoms with Crippen molar-refractivity contribution in [2.45, 2.75) is 44.4 Å². The molecule has 8 heteroatoms. The van der Waals surface area contributed by atoms with E-state index in [0.29, 0.717) is 12.1 Å². The average molecular weight is 337 g/mol. The van der Waals surface area contributed by atoms with Crippen LogP contribution in [0.25, 0.3) is 0 Å². The van der Waals surface area contributed by atoms with Gasteiger partial charge in [0.15, 0.2) is 11.6 Å². The van der Waals surface area contributed by atoms with E-state index >= 15 is 0 Å². The normalized spacial score (nSPS) is 16.1. The molecule has 0 aromatic heterocycles. The van der Waals surface area contributed by atoms with Gasteiger partial charge in [-0.2, -0.15) is 0 Å². The molecule has 0 saturated carbocycles. The van der Waals surface area contributed by atoms with E-state index in [4.69, 9.17) is 5.11 Å². The Balaban J connectivity index is 3.44. The second-order valence-corrected chi connectivity index (χ2v) is 8.07. The third-order valence-corrected chi connectivity index (χ3v) is 4.72. The number of carboxylic acid groups (broad SMARTS) is 1. The van der Waals surface area contributed by atoms with E-state index in [1.54, 1.807) is 20.8 Å². The highest BCUT2D eigenvalue weighted by molar-refractivity contribution is 7.84. The highest BCUT2D eigenvalue weighted by Gasteiger charge is 2.39. The molecule has 2 atom stereocenters. The van der Waals surface area contributed by atoms with Gasteiger partial charge in [0, 0.05) is 5.56 Å². The lowest BCUT2D eigenvalue weighted by Gasteiger charge is -2.33. The Kier molecular flexibility index (Phi) is 5.40. The summed E-state index contributed by atoms with van der Waals surface area (Å²) in [5.74, 6) is -5.29. The largest absolute Gasteiger partial charge is 0.481 e. The first kappa shape index (κ1) is 18.6. The van der Waals surface area contributed by atoms with Crippen molar-refractivity contribution < 1.29 is 27.3 Å². The van der Waals surface area contributed by atoms with Crippen molar-refractivity contribution in [2.24, 2.45) is 0 Å². The molecule has 1 aromatic carbocycles. The number of carboxylic acids is 1. The number of nitrogens with one attached hydrogen (secondary N) is 1. The summed E-state index contributed by atoms with van der Waals surface area (Å²) in [7, 11) is -1.82. The zero-order chi connectivity index (χ0) is 17.3. The number of benzene rings is 1.